The molecule has 3 aliphatic carbocycles. The van der Waals surface area contributed by atoms with Crippen LogP contribution in [0.3, 0.4) is 0 Å². The second-order valence-electron chi connectivity index (χ2n) is 12.3. The Labute approximate surface area is 240 Å². The van der Waals surface area contributed by atoms with E-state index in [1.54, 1.807) is 38.5 Å². The first-order chi connectivity index (χ1) is 19.2. The van der Waals surface area contributed by atoms with Crippen LogP contribution in [0.2, 0.25) is 0 Å². The molecular formula is C33H45NO5S. The minimum Gasteiger partial charge on any atom is -0.497 e. The molecule has 5 atom stereocenters. The van der Waals surface area contributed by atoms with Gasteiger partial charge in [0.2, 0.25) is 5.90 Å². The highest BCUT2D eigenvalue weighted by atomic mass is 32.2. The highest BCUT2D eigenvalue weighted by Crippen LogP contribution is 2.66. The van der Waals surface area contributed by atoms with Crippen LogP contribution in [0.25, 0.3) is 0 Å². The Balaban J connectivity index is 1.44. The predicted octanol–water partition coefficient (Wildman–Crippen LogP) is 7.24. The van der Waals surface area contributed by atoms with Crippen LogP contribution >= 0.6 is 0 Å². The van der Waals surface area contributed by atoms with E-state index in [2.05, 4.69) is 36.4 Å². The number of aryl methyl sites for hydroxylation is 2. The standard InChI is InChI=1S/C33H45NO5S/c1-6-7-20-39-31(34-40(35,36)26-12-8-23(2)9-13-26)22-33(38-5)19-17-30-29-14-10-24-21-25(37-4)11-15-27(24)28(29)16-18-32(30,33)3/h8-9,11-13,15,21,28-30H,6-7,10,14,16-20,22H2,1-5H3/t28-,29-,30+,32+,33-/m1/s1. The quantitative estimate of drug-likeness (QED) is 0.181. The van der Waals surface area contributed by atoms with Gasteiger partial charge in [0.1, 0.15) is 5.75 Å². The summed E-state index contributed by atoms with van der Waals surface area (Å²) >= 11 is 0. The number of sulfonamides is 1. The van der Waals surface area contributed by atoms with Crippen molar-refractivity contribution in [3.8, 4) is 5.75 Å². The van der Waals surface area contributed by atoms with Gasteiger partial charge >= 0.3 is 0 Å². The molecule has 0 aromatic heterocycles. The van der Waals surface area contributed by atoms with Crippen LogP contribution in [0.15, 0.2) is 51.8 Å². The third-order valence-corrected chi connectivity index (χ3v) is 11.7. The molecule has 0 amide bonds. The molecule has 40 heavy (non-hydrogen) atoms. The molecule has 2 saturated carbocycles. The molecule has 0 saturated heterocycles. The SMILES string of the molecule is CCCCOC(C[C@]1(OC)CC[C@H]2[C@@H]3CCc4cc(OC)ccc4[C@H]3CC[C@@]21C)=NS(=O)(=O)c1ccc(C)cc1. The lowest BCUT2D eigenvalue weighted by atomic mass is 9.53. The van der Waals surface area contributed by atoms with Crippen LogP contribution < -0.4 is 4.74 Å². The van der Waals surface area contributed by atoms with E-state index in [9.17, 15) is 8.42 Å². The molecule has 0 heterocycles. The van der Waals surface area contributed by atoms with Crippen molar-refractivity contribution in [2.45, 2.75) is 95.0 Å². The predicted molar refractivity (Wildman–Crippen MR) is 159 cm³/mol. The van der Waals surface area contributed by atoms with Gasteiger partial charge in [-0.15, -0.1) is 4.40 Å². The summed E-state index contributed by atoms with van der Waals surface area (Å²) < 4.78 is 49.1. The molecule has 3 aliphatic rings. The largest absolute Gasteiger partial charge is 0.497 e. The van der Waals surface area contributed by atoms with Gasteiger partial charge in [-0.05, 0) is 105 Å². The van der Waals surface area contributed by atoms with E-state index in [-0.39, 0.29) is 16.2 Å². The second-order valence-corrected chi connectivity index (χ2v) is 13.9. The van der Waals surface area contributed by atoms with E-state index >= 15 is 0 Å². The molecule has 0 spiro atoms. The van der Waals surface area contributed by atoms with Crippen molar-refractivity contribution in [3.05, 3.63) is 59.2 Å². The molecule has 7 heteroatoms. The average molecular weight is 568 g/mol. The molecule has 0 unspecified atom stereocenters. The fraction of sp³-hybridized carbons (Fsp3) is 0.606. The summed E-state index contributed by atoms with van der Waals surface area (Å²) in [7, 11) is -0.374. The number of unbranched alkanes of at least 4 members (excludes halogenated alkanes) is 1. The molecule has 2 aromatic carbocycles. The third kappa shape index (κ3) is 5.20. The number of fused-ring (bicyclic) bond motifs is 5. The van der Waals surface area contributed by atoms with Gasteiger partial charge < -0.3 is 14.2 Å². The number of nitrogens with zero attached hydrogens (tertiary/aromatic N) is 1. The van der Waals surface area contributed by atoms with Crippen LogP contribution in [0.1, 0.15) is 87.8 Å². The molecule has 0 aliphatic heterocycles. The maximum atomic E-state index is 13.3. The number of hydrogen-bond donors (Lipinski definition) is 0. The van der Waals surface area contributed by atoms with E-state index < -0.39 is 15.6 Å². The van der Waals surface area contributed by atoms with Crippen molar-refractivity contribution < 1.29 is 22.6 Å². The first-order valence-corrected chi connectivity index (χ1v) is 16.4. The van der Waals surface area contributed by atoms with Gasteiger partial charge in [-0.2, -0.15) is 8.42 Å². The molecule has 218 valence electrons. The van der Waals surface area contributed by atoms with E-state index in [4.69, 9.17) is 14.2 Å². The summed E-state index contributed by atoms with van der Waals surface area (Å²) in [6.45, 7) is 6.87. The zero-order valence-corrected chi connectivity index (χ0v) is 25.6. The molecule has 5 rings (SSSR count). The van der Waals surface area contributed by atoms with Crippen LogP contribution in [0.4, 0.5) is 0 Å². The lowest BCUT2D eigenvalue weighted by Crippen LogP contribution is -2.53. The van der Waals surface area contributed by atoms with Crippen LogP contribution in [0, 0.1) is 24.2 Å². The fourth-order valence-electron chi connectivity index (χ4n) is 8.06. The van der Waals surface area contributed by atoms with Gasteiger partial charge in [0.15, 0.2) is 0 Å². The molecule has 0 N–H and O–H groups in total. The summed E-state index contributed by atoms with van der Waals surface area (Å²) in [6.07, 6.45) is 8.51. The topological polar surface area (TPSA) is 74.2 Å². The molecule has 0 bridgehead atoms. The van der Waals surface area contributed by atoms with Gasteiger partial charge in [0.25, 0.3) is 10.0 Å². The number of ether oxygens (including phenoxy) is 3. The Bertz CT molecular complexity index is 1340. The van der Waals surface area contributed by atoms with Gasteiger partial charge in [0, 0.05) is 12.5 Å². The summed E-state index contributed by atoms with van der Waals surface area (Å²) in [5.41, 5.74) is 3.32. The zero-order valence-electron chi connectivity index (χ0n) is 24.7. The average Bonchev–Trinajstić information content (AvgIpc) is 3.24. The van der Waals surface area contributed by atoms with Gasteiger partial charge in [-0.3, -0.25) is 0 Å². The maximum Gasteiger partial charge on any atom is 0.285 e. The second kappa shape index (κ2) is 11.5. The lowest BCUT2D eigenvalue weighted by molar-refractivity contribution is -0.123. The minimum absolute atomic E-state index is 0.0879. The molecule has 0 radical (unpaired) electrons. The van der Waals surface area contributed by atoms with Crippen LogP contribution in [-0.2, 0) is 25.9 Å². The summed E-state index contributed by atoms with van der Waals surface area (Å²) in [5, 5.41) is 0. The summed E-state index contributed by atoms with van der Waals surface area (Å²) in [6, 6.07) is 13.5. The number of rotatable bonds is 9. The Kier molecular flexibility index (Phi) is 8.36. The monoisotopic (exact) mass is 567 g/mol. The minimum atomic E-state index is -3.90. The number of hydrogen-bond acceptors (Lipinski definition) is 5. The zero-order chi connectivity index (χ0) is 28.5. The van der Waals surface area contributed by atoms with E-state index in [0.29, 0.717) is 30.8 Å². The Morgan fingerprint density at radius 3 is 2.52 bits per heavy atom. The number of benzene rings is 2. The molecule has 2 aromatic rings. The summed E-state index contributed by atoms with van der Waals surface area (Å²) in [5.74, 6) is 2.87. The van der Waals surface area contributed by atoms with Gasteiger partial charge in [0.05, 0.1) is 30.6 Å². The van der Waals surface area contributed by atoms with Crippen molar-refractivity contribution in [1.82, 2.24) is 0 Å². The fourth-order valence-corrected chi connectivity index (χ4v) is 9.03. The highest BCUT2D eigenvalue weighted by molar-refractivity contribution is 7.90. The van der Waals surface area contributed by atoms with Crippen molar-refractivity contribution in [3.63, 3.8) is 0 Å². The van der Waals surface area contributed by atoms with Crippen molar-refractivity contribution in [2.24, 2.45) is 21.6 Å². The van der Waals surface area contributed by atoms with E-state index in [0.717, 1.165) is 56.3 Å². The molecule has 6 nitrogen and oxygen atoms in total. The number of methoxy groups -OCH3 is 2. The molecular weight excluding hydrogens is 522 g/mol. The van der Waals surface area contributed by atoms with E-state index in [1.807, 2.05) is 6.92 Å². The van der Waals surface area contributed by atoms with Gasteiger partial charge in [-0.1, -0.05) is 44.0 Å². The highest BCUT2D eigenvalue weighted by Gasteiger charge is 2.63. The maximum absolute atomic E-state index is 13.3. The summed E-state index contributed by atoms with van der Waals surface area (Å²) in [4.78, 5) is 0.190. The van der Waals surface area contributed by atoms with E-state index in [1.165, 1.54) is 17.5 Å². The van der Waals surface area contributed by atoms with Crippen LogP contribution in [-0.4, -0.2) is 40.7 Å². The Morgan fingerprint density at radius 1 is 1.05 bits per heavy atom. The van der Waals surface area contributed by atoms with Crippen LogP contribution in [0.5, 0.6) is 5.75 Å². The van der Waals surface area contributed by atoms with Crippen molar-refractivity contribution >= 4 is 15.9 Å². The van der Waals surface area contributed by atoms with Gasteiger partial charge in [-0.25, -0.2) is 0 Å². The Hall–Kier alpha value is -2.38. The van der Waals surface area contributed by atoms with Crippen molar-refractivity contribution in [2.75, 3.05) is 20.8 Å². The normalized spacial score (nSPS) is 29.8. The third-order valence-electron chi connectivity index (χ3n) is 10.4. The van der Waals surface area contributed by atoms with Crippen molar-refractivity contribution in [1.29, 1.82) is 0 Å². The molecule has 2 fully saturated rings. The first-order valence-electron chi connectivity index (χ1n) is 14.9. The lowest BCUT2D eigenvalue weighted by Gasteiger charge is -2.54. The smallest absolute Gasteiger partial charge is 0.285 e. The first kappa shape index (κ1) is 29.1. The Morgan fingerprint density at radius 2 is 1.82 bits per heavy atom.